The average Bonchev–Trinajstić information content (AvgIpc) is 3.24. The van der Waals surface area contributed by atoms with E-state index in [9.17, 15) is 18.4 Å². The monoisotopic (exact) mass is 358 g/mol. The van der Waals surface area contributed by atoms with Gasteiger partial charge in [0.1, 0.15) is 6.04 Å². The quantitative estimate of drug-likeness (QED) is 0.878. The van der Waals surface area contributed by atoms with Crippen LogP contribution in [0.3, 0.4) is 0 Å². The van der Waals surface area contributed by atoms with Gasteiger partial charge in [0.05, 0.1) is 24.7 Å². The highest BCUT2D eigenvalue weighted by atomic mass is 19.3. The van der Waals surface area contributed by atoms with Gasteiger partial charge in [-0.05, 0) is 11.6 Å². The molecule has 2 amide bonds. The molecule has 1 aromatic heterocycles. The first-order valence-corrected chi connectivity index (χ1v) is 7.98. The lowest BCUT2D eigenvalue weighted by molar-refractivity contribution is -0.131. The fraction of sp³-hybridized carbons (Fsp3) is 0.278. The van der Waals surface area contributed by atoms with E-state index in [1.54, 1.807) is 12.1 Å². The highest BCUT2D eigenvalue weighted by molar-refractivity contribution is 5.97. The highest BCUT2D eigenvalue weighted by Crippen LogP contribution is 2.31. The van der Waals surface area contributed by atoms with Crippen molar-refractivity contribution in [2.24, 2.45) is 0 Å². The maximum atomic E-state index is 13.4. The Hall–Kier alpha value is -3.21. The molecule has 134 valence electrons. The van der Waals surface area contributed by atoms with Crippen molar-refractivity contribution in [1.29, 1.82) is 5.26 Å². The molecule has 0 radical (unpaired) electrons. The zero-order chi connectivity index (χ0) is 18.7. The number of benzene rings is 1. The van der Waals surface area contributed by atoms with Gasteiger partial charge in [-0.1, -0.05) is 30.3 Å². The van der Waals surface area contributed by atoms with Crippen LogP contribution in [-0.2, 0) is 4.79 Å². The number of aromatic nitrogens is 1. The summed E-state index contributed by atoms with van der Waals surface area (Å²) >= 11 is 0. The molecule has 1 aliphatic heterocycles. The number of alkyl halides is 2. The molecule has 1 atom stereocenters. The number of aromatic amines is 1. The zero-order valence-corrected chi connectivity index (χ0v) is 13.7. The molecule has 1 fully saturated rings. The van der Waals surface area contributed by atoms with Crippen molar-refractivity contribution in [2.75, 3.05) is 13.1 Å². The van der Waals surface area contributed by atoms with E-state index >= 15 is 0 Å². The molecule has 0 unspecified atom stereocenters. The number of nitrogens with one attached hydrogen (secondary N) is 2. The Morgan fingerprint density at radius 3 is 2.77 bits per heavy atom. The molecule has 8 heteroatoms. The highest BCUT2D eigenvalue weighted by Gasteiger charge is 2.47. The van der Waals surface area contributed by atoms with E-state index in [0.29, 0.717) is 5.56 Å². The van der Waals surface area contributed by atoms with Gasteiger partial charge in [0.2, 0.25) is 5.91 Å². The van der Waals surface area contributed by atoms with Crippen LogP contribution in [0, 0.1) is 11.3 Å². The molecular formula is C18H16F2N4O2. The standard InChI is InChI=1S/C18H16F2N4O2/c19-18(20)7-14(8-21)24(11-18)16(25)10-23-17(26)13-6-15(22-9-13)12-4-2-1-3-5-12/h1-6,9,14,22H,7,10-11H2,(H,23,26)/t14-/m0/s1. The molecular weight excluding hydrogens is 342 g/mol. The molecule has 2 aromatic rings. The molecule has 2 N–H and O–H groups in total. The van der Waals surface area contributed by atoms with Crippen LogP contribution in [0.25, 0.3) is 11.3 Å². The lowest BCUT2D eigenvalue weighted by Gasteiger charge is -2.19. The van der Waals surface area contributed by atoms with Gasteiger partial charge in [0.15, 0.2) is 0 Å². The predicted octanol–water partition coefficient (Wildman–Crippen LogP) is 2.17. The number of rotatable bonds is 4. The van der Waals surface area contributed by atoms with Crippen LogP contribution in [0.1, 0.15) is 16.8 Å². The predicted molar refractivity (Wildman–Crippen MR) is 89.2 cm³/mol. The first-order chi connectivity index (χ1) is 12.4. The third-order valence-corrected chi connectivity index (χ3v) is 4.17. The summed E-state index contributed by atoms with van der Waals surface area (Å²) in [6, 6.07) is 11.5. The van der Waals surface area contributed by atoms with Crippen molar-refractivity contribution in [3.05, 3.63) is 48.2 Å². The van der Waals surface area contributed by atoms with Crippen molar-refractivity contribution in [1.82, 2.24) is 15.2 Å². The van der Waals surface area contributed by atoms with Crippen LogP contribution in [0.4, 0.5) is 8.78 Å². The number of likely N-dealkylation sites (tertiary alicyclic amines) is 1. The smallest absolute Gasteiger partial charge is 0.268 e. The van der Waals surface area contributed by atoms with Crippen LogP contribution >= 0.6 is 0 Å². The molecule has 2 heterocycles. The number of H-pyrrole nitrogens is 1. The molecule has 0 spiro atoms. The van der Waals surface area contributed by atoms with Gasteiger partial charge in [0.25, 0.3) is 11.8 Å². The van der Waals surface area contributed by atoms with E-state index < -0.39 is 43.3 Å². The van der Waals surface area contributed by atoms with Crippen LogP contribution in [-0.4, -0.2) is 46.8 Å². The summed E-state index contributed by atoms with van der Waals surface area (Å²) < 4.78 is 26.8. The fourth-order valence-corrected chi connectivity index (χ4v) is 2.86. The van der Waals surface area contributed by atoms with E-state index in [0.717, 1.165) is 16.2 Å². The van der Waals surface area contributed by atoms with E-state index in [4.69, 9.17) is 5.26 Å². The van der Waals surface area contributed by atoms with Gasteiger partial charge in [0, 0.05) is 18.3 Å². The lowest BCUT2D eigenvalue weighted by Crippen LogP contribution is -2.42. The summed E-state index contributed by atoms with van der Waals surface area (Å²) in [5.41, 5.74) is 1.96. The first kappa shape index (κ1) is 17.6. The number of hydrogen-bond acceptors (Lipinski definition) is 3. The van der Waals surface area contributed by atoms with Gasteiger partial charge in [-0.2, -0.15) is 5.26 Å². The lowest BCUT2D eigenvalue weighted by atomic mass is 10.1. The maximum Gasteiger partial charge on any atom is 0.268 e. The minimum atomic E-state index is -3.08. The Balaban J connectivity index is 1.60. The molecule has 26 heavy (non-hydrogen) atoms. The van der Waals surface area contributed by atoms with Gasteiger partial charge in [-0.3, -0.25) is 9.59 Å². The molecule has 3 rings (SSSR count). The van der Waals surface area contributed by atoms with Crippen LogP contribution in [0.15, 0.2) is 42.6 Å². The molecule has 1 aliphatic rings. The van der Waals surface area contributed by atoms with E-state index in [-0.39, 0.29) is 0 Å². The third kappa shape index (κ3) is 3.72. The minimum absolute atomic E-state index is 0.320. The van der Waals surface area contributed by atoms with E-state index in [1.165, 1.54) is 6.20 Å². The fourth-order valence-electron chi connectivity index (χ4n) is 2.86. The third-order valence-electron chi connectivity index (χ3n) is 4.17. The van der Waals surface area contributed by atoms with Crippen molar-refractivity contribution >= 4 is 11.8 Å². The average molecular weight is 358 g/mol. The van der Waals surface area contributed by atoms with Crippen molar-refractivity contribution in [2.45, 2.75) is 18.4 Å². The summed E-state index contributed by atoms with van der Waals surface area (Å²) in [6.07, 6.45) is 0.825. The normalized spacial score (nSPS) is 18.3. The van der Waals surface area contributed by atoms with Gasteiger partial charge < -0.3 is 15.2 Å². The second kappa shape index (κ2) is 6.96. The Bertz CT molecular complexity index is 858. The zero-order valence-electron chi connectivity index (χ0n) is 13.7. The summed E-state index contributed by atoms with van der Waals surface area (Å²) in [7, 11) is 0. The molecule has 1 saturated heterocycles. The number of amides is 2. The van der Waals surface area contributed by atoms with Crippen molar-refractivity contribution in [3.63, 3.8) is 0 Å². The van der Waals surface area contributed by atoms with Crippen molar-refractivity contribution in [3.8, 4) is 17.3 Å². The number of hydrogen-bond donors (Lipinski definition) is 2. The molecule has 0 aliphatic carbocycles. The molecule has 0 saturated carbocycles. The Morgan fingerprint density at radius 2 is 2.08 bits per heavy atom. The van der Waals surface area contributed by atoms with Crippen LogP contribution in [0.2, 0.25) is 0 Å². The number of halogens is 2. The summed E-state index contributed by atoms with van der Waals surface area (Å²) in [4.78, 5) is 28.0. The Labute approximate surface area is 148 Å². The minimum Gasteiger partial charge on any atom is -0.360 e. The number of carbonyl (C=O) groups excluding carboxylic acids is 2. The summed E-state index contributed by atoms with van der Waals surface area (Å²) in [5, 5.41) is 11.3. The molecule has 0 bridgehead atoms. The largest absolute Gasteiger partial charge is 0.360 e. The Morgan fingerprint density at radius 1 is 1.35 bits per heavy atom. The topological polar surface area (TPSA) is 89.0 Å². The van der Waals surface area contributed by atoms with E-state index in [2.05, 4.69) is 10.3 Å². The molecule has 6 nitrogen and oxygen atoms in total. The van der Waals surface area contributed by atoms with Crippen molar-refractivity contribution < 1.29 is 18.4 Å². The summed E-state index contributed by atoms with van der Waals surface area (Å²) in [6.45, 7) is -1.25. The van der Waals surface area contributed by atoms with Crippen LogP contribution < -0.4 is 5.32 Å². The van der Waals surface area contributed by atoms with Gasteiger partial charge in [-0.15, -0.1) is 0 Å². The van der Waals surface area contributed by atoms with Gasteiger partial charge in [-0.25, -0.2) is 8.78 Å². The SMILES string of the molecule is N#C[C@@H]1CC(F)(F)CN1C(=O)CNC(=O)c1c[nH]c(-c2ccccc2)c1. The van der Waals surface area contributed by atoms with Gasteiger partial charge >= 0.3 is 0 Å². The number of carbonyl (C=O) groups is 2. The Kier molecular flexibility index (Phi) is 4.71. The van der Waals surface area contributed by atoms with Crippen LogP contribution in [0.5, 0.6) is 0 Å². The second-order valence-corrected chi connectivity index (χ2v) is 6.08. The number of nitriles is 1. The first-order valence-electron chi connectivity index (χ1n) is 7.98. The summed E-state index contributed by atoms with van der Waals surface area (Å²) in [5.74, 6) is -4.29. The van der Waals surface area contributed by atoms with E-state index in [1.807, 2.05) is 30.3 Å². The maximum absolute atomic E-state index is 13.4. The number of nitrogens with zero attached hydrogens (tertiary/aromatic N) is 2. The molecule has 1 aromatic carbocycles. The second-order valence-electron chi connectivity index (χ2n) is 6.08.